The summed E-state index contributed by atoms with van der Waals surface area (Å²) in [6.45, 7) is 5.35. The largest absolute Gasteiger partial charge is 0.421 e. The Bertz CT molecular complexity index is 1070. The van der Waals surface area contributed by atoms with Gasteiger partial charge in [-0.05, 0) is 38.5 Å². The molecule has 0 aliphatic heterocycles. The number of hydrogen-bond donors (Lipinski definition) is 0. The molecule has 8 heteroatoms. The predicted molar refractivity (Wildman–Crippen MR) is 101 cm³/mol. The quantitative estimate of drug-likeness (QED) is 0.504. The monoisotopic (exact) mass is 389 g/mol. The van der Waals surface area contributed by atoms with Crippen molar-refractivity contribution < 1.29 is 9.53 Å². The van der Waals surface area contributed by atoms with E-state index in [1.54, 1.807) is 38.2 Å². The lowest BCUT2D eigenvalue weighted by molar-refractivity contribution is 0.0739. The van der Waals surface area contributed by atoms with Crippen molar-refractivity contribution in [1.29, 1.82) is 0 Å². The van der Waals surface area contributed by atoms with Crippen LogP contribution in [0.3, 0.4) is 0 Å². The number of rotatable bonds is 3. The van der Waals surface area contributed by atoms with E-state index in [0.29, 0.717) is 26.2 Å². The molecule has 134 valence electrons. The summed E-state index contributed by atoms with van der Waals surface area (Å²) >= 11 is 7.15. The van der Waals surface area contributed by atoms with Crippen LogP contribution in [-0.2, 0) is 7.05 Å². The van der Waals surface area contributed by atoms with E-state index in [-0.39, 0.29) is 11.3 Å². The third-order valence-corrected chi connectivity index (χ3v) is 5.43. The van der Waals surface area contributed by atoms with Gasteiger partial charge in [0.15, 0.2) is 0 Å². The molecule has 6 nitrogen and oxygen atoms in total. The highest BCUT2D eigenvalue weighted by atomic mass is 35.5. The minimum absolute atomic E-state index is 0.257. The molecular formula is C18H16ClN3O3S. The highest BCUT2D eigenvalue weighted by molar-refractivity contribution is 7.17. The molecule has 3 rings (SSSR count). The Labute approximate surface area is 159 Å². The van der Waals surface area contributed by atoms with Gasteiger partial charge in [0.25, 0.3) is 5.56 Å². The minimum atomic E-state index is -0.556. The standard InChI is InChI=1S/C18H16ClN3O3S/c1-9-10(2)21-22(4)17(23)14(9)16-20-11(3)15(26-16)18(24)25-13-8-6-5-7-12(13)19/h5-8H,1-4H3. The molecule has 0 N–H and O–H groups in total. The van der Waals surface area contributed by atoms with E-state index >= 15 is 0 Å². The van der Waals surface area contributed by atoms with Gasteiger partial charge < -0.3 is 4.74 Å². The third-order valence-electron chi connectivity index (χ3n) is 3.96. The fourth-order valence-electron chi connectivity index (χ4n) is 2.47. The molecule has 0 aliphatic rings. The summed E-state index contributed by atoms with van der Waals surface area (Å²) in [4.78, 5) is 29.8. The normalized spacial score (nSPS) is 10.8. The van der Waals surface area contributed by atoms with Gasteiger partial charge in [-0.3, -0.25) is 4.79 Å². The molecule has 0 spiro atoms. The summed E-state index contributed by atoms with van der Waals surface area (Å²) in [5.41, 5.74) is 2.17. The highest BCUT2D eigenvalue weighted by Gasteiger charge is 2.22. The first-order valence-corrected chi connectivity index (χ1v) is 8.98. The van der Waals surface area contributed by atoms with Gasteiger partial charge in [0.05, 0.1) is 22.0 Å². The van der Waals surface area contributed by atoms with Crippen molar-refractivity contribution in [2.45, 2.75) is 20.8 Å². The summed E-state index contributed by atoms with van der Waals surface area (Å²) in [6.07, 6.45) is 0. The van der Waals surface area contributed by atoms with Gasteiger partial charge in [0.1, 0.15) is 15.6 Å². The number of halogens is 1. The summed E-state index contributed by atoms with van der Waals surface area (Å²) in [5.74, 6) is -0.278. The van der Waals surface area contributed by atoms with Crippen molar-refractivity contribution in [2.24, 2.45) is 7.05 Å². The Kier molecular flexibility index (Phi) is 4.93. The summed E-state index contributed by atoms with van der Waals surface area (Å²) in [6, 6.07) is 6.73. The summed E-state index contributed by atoms with van der Waals surface area (Å²) < 4.78 is 6.65. The molecule has 0 fully saturated rings. The predicted octanol–water partition coefficient (Wildman–Crippen LogP) is 3.70. The summed E-state index contributed by atoms with van der Waals surface area (Å²) in [7, 11) is 1.59. The van der Waals surface area contributed by atoms with E-state index in [1.165, 1.54) is 4.68 Å². The zero-order valence-electron chi connectivity index (χ0n) is 14.7. The van der Waals surface area contributed by atoms with Gasteiger partial charge in [-0.2, -0.15) is 5.10 Å². The second-order valence-corrected chi connectivity index (χ2v) is 7.17. The fraction of sp³-hybridized carbons (Fsp3) is 0.222. The van der Waals surface area contributed by atoms with Gasteiger partial charge in [-0.25, -0.2) is 14.5 Å². The number of benzene rings is 1. The molecule has 1 aromatic carbocycles. The van der Waals surface area contributed by atoms with Crippen LogP contribution in [0.25, 0.3) is 10.6 Å². The smallest absolute Gasteiger partial charge is 0.355 e. The molecular weight excluding hydrogens is 374 g/mol. The molecule has 2 aromatic heterocycles. The van der Waals surface area contributed by atoms with Crippen molar-refractivity contribution in [3.05, 3.63) is 61.5 Å². The molecule has 0 aliphatic carbocycles. The third kappa shape index (κ3) is 3.27. The first-order valence-electron chi connectivity index (χ1n) is 7.78. The molecule has 0 amide bonds. The molecule has 26 heavy (non-hydrogen) atoms. The van der Waals surface area contributed by atoms with Crippen molar-refractivity contribution in [2.75, 3.05) is 0 Å². The molecule has 0 saturated heterocycles. The maximum atomic E-state index is 12.5. The molecule has 3 aromatic rings. The van der Waals surface area contributed by atoms with Crippen LogP contribution in [0.4, 0.5) is 0 Å². The maximum absolute atomic E-state index is 12.5. The number of hydrogen-bond acceptors (Lipinski definition) is 6. The van der Waals surface area contributed by atoms with E-state index in [9.17, 15) is 9.59 Å². The SMILES string of the molecule is Cc1nc(-c2c(C)c(C)nn(C)c2=O)sc1C(=O)Oc1ccccc1Cl. The maximum Gasteiger partial charge on any atom is 0.355 e. The Morgan fingerprint density at radius 1 is 1.19 bits per heavy atom. The Morgan fingerprint density at radius 2 is 1.88 bits per heavy atom. The number of nitrogens with zero attached hydrogens (tertiary/aromatic N) is 3. The Balaban J connectivity index is 2.02. The minimum Gasteiger partial charge on any atom is -0.421 e. The number of ether oxygens (including phenoxy) is 1. The van der Waals surface area contributed by atoms with Crippen LogP contribution in [0.15, 0.2) is 29.1 Å². The fourth-order valence-corrected chi connectivity index (χ4v) is 3.68. The molecule has 0 atom stereocenters. The van der Waals surface area contributed by atoms with Crippen molar-refractivity contribution in [1.82, 2.24) is 14.8 Å². The van der Waals surface area contributed by atoms with Crippen molar-refractivity contribution in [3.8, 4) is 16.3 Å². The van der Waals surface area contributed by atoms with E-state index in [4.69, 9.17) is 16.3 Å². The lowest BCUT2D eigenvalue weighted by atomic mass is 10.1. The van der Waals surface area contributed by atoms with Crippen LogP contribution in [0.1, 0.15) is 26.6 Å². The average molecular weight is 390 g/mol. The van der Waals surface area contributed by atoms with Gasteiger partial charge in [-0.1, -0.05) is 23.7 Å². The number of esters is 1. The topological polar surface area (TPSA) is 74.1 Å². The second-order valence-electron chi connectivity index (χ2n) is 5.77. The van der Waals surface area contributed by atoms with E-state index < -0.39 is 5.97 Å². The lowest BCUT2D eigenvalue weighted by Gasteiger charge is -2.07. The number of carbonyl (C=O) groups excluding carboxylic acids is 1. The summed E-state index contributed by atoms with van der Waals surface area (Å²) in [5, 5.41) is 4.98. The lowest BCUT2D eigenvalue weighted by Crippen LogP contribution is -2.23. The van der Waals surface area contributed by atoms with Crippen LogP contribution >= 0.6 is 22.9 Å². The zero-order chi connectivity index (χ0) is 19.0. The first kappa shape index (κ1) is 18.3. The highest BCUT2D eigenvalue weighted by Crippen LogP contribution is 2.30. The first-order chi connectivity index (χ1) is 12.3. The number of carbonyl (C=O) groups is 1. The Morgan fingerprint density at radius 3 is 2.58 bits per heavy atom. The van der Waals surface area contributed by atoms with E-state index in [1.807, 2.05) is 13.8 Å². The van der Waals surface area contributed by atoms with Gasteiger partial charge in [0.2, 0.25) is 0 Å². The number of aromatic nitrogens is 3. The Hall–Kier alpha value is -2.51. The van der Waals surface area contributed by atoms with E-state index in [2.05, 4.69) is 10.1 Å². The van der Waals surface area contributed by atoms with Crippen LogP contribution in [0.2, 0.25) is 5.02 Å². The molecule has 2 heterocycles. The van der Waals surface area contributed by atoms with Crippen molar-refractivity contribution in [3.63, 3.8) is 0 Å². The molecule has 0 bridgehead atoms. The molecule has 0 saturated carbocycles. The zero-order valence-corrected chi connectivity index (χ0v) is 16.2. The average Bonchev–Trinajstić information content (AvgIpc) is 2.97. The van der Waals surface area contributed by atoms with Crippen LogP contribution in [0.5, 0.6) is 5.75 Å². The van der Waals surface area contributed by atoms with Crippen molar-refractivity contribution >= 4 is 28.9 Å². The van der Waals surface area contributed by atoms with E-state index in [0.717, 1.165) is 22.6 Å². The van der Waals surface area contributed by atoms with Gasteiger partial charge >= 0.3 is 5.97 Å². The van der Waals surface area contributed by atoms with Crippen LogP contribution in [0, 0.1) is 20.8 Å². The number of aryl methyl sites for hydroxylation is 3. The molecule has 0 unspecified atom stereocenters. The molecule has 0 radical (unpaired) electrons. The number of thiazole rings is 1. The van der Waals surface area contributed by atoms with Gasteiger partial charge in [0, 0.05) is 7.05 Å². The van der Waals surface area contributed by atoms with Crippen LogP contribution < -0.4 is 10.3 Å². The second kappa shape index (κ2) is 7.01. The van der Waals surface area contributed by atoms with Crippen LogP contribution in [-0.4, -0.2) is 20.7 Å². The number of para-hydroxylation sites is 1. The van der Waals surface area contributed by atoms with Gasteiger partial charge in [-0.15, -0.1) is 11.3 Å².